The van der Waals surface area contributed by atoms with Crippen molar-refractivity contribution in [2.24, 2.45) is 5.92 Å². The third-order valence-corrected chi connectivity index (χ3v) is 10.1. The minimum atomic E-state index is -4.78. The van der Waals surface area contributed by atoms with E-state index < -0.39 is 81.2 Å². The summed E-state index contributed by atoms with van der Waals surface area (Å²) in [5.74, 6) is -5.57. The molecule has 0 spiro atoms. The van der Waals surface area contributed by atoms with Crippen LogP contribution in [0.5, 0.6) is 0 Å². The second-order valence-electron chi connectivity index (χ2n) is 10.4. The molecule has 46 heavy (non-hydrogen) atoms. The number of halogens is 7. The van der Waals surface area contributed by atoms with Crippen LogP contribution in [0.4, 0.5) is 42.1 Å². The number of rotatable bonds is 5. The number of carbonyl (C=O) groups is 3. The Balaban J connectivity index is 1.40. The highest BCUT2D eigenvalue weighted by molar-refractivity contribution is 8.00. The summed E-state index contributed by atoms with van der Waals surface area (Å²) in [4.78, 5) is 54.0. The average Bonchev–Trinajstić information content (AvgIpc) is 3.43. The molecule has 2 aliphatic heterocycles. The van der Waals surface area contributed by atoms with E-state index in [0.717, 1.165) is 58.8 Å². The Labute approximate surface area is 262 Å². The second kappa shape index (κ2) is 11.4. The first-order chi connectivity index (χ1) is 21.6. The quantitative estimate of drug-likeness (QED) is 0.192. The molecule has 2 aliphatic rings. The van der Waals surface area contributed by atoms with Gasteiger partial charge in [-0.1, -0.05) is 53.4 Å². The molecule has 0 radical (unpaired) electrons. The number of thiazole rings is 1. The lowest BCUT2D eigenvalue weighted by atomic mass is 9.83. The fourth-order valence-corrected chi connectivity index (χ4v) is 8.31. The molecule has 3 atom stereocenters. The highest BCUT2D eigenvalue weighted by Gasteiger charge is 2.57. The topological polar surface area (TPSA) is 88.5 Å². The molecule has 0 bridgehead atoms. The fourth-order valence-electron chi connectivity index (χ4n) is 5.53. The molecule has 1 N–H and O–H groups in total. The van der Waals surface area contributed by atoms with Crippen LogP contribution in [0.1, 0.15) is 27.5 Å². The van der Waals surface area contributed by atoms with Crippen molar-refractivity contribution in [2.45, 2.75) is 35.1 Å². The maximum Gasteiger partial charge on any atom is 0.418 e. The van der Waals surface area contributed by atoms with E-state index in [1.807, 2.05) is 0 Å². The lowest BCUT2D eigenvalue weighted by Gasteiger charge is -2.30. The molecule has 6 rings (SSSR count). The van der Waals surface area contributed by atoms with Gasteiger partial charge >= 0.3 is 17.2 Å². The molecular formula is C30H18F7N3O4S2. The van der Waals surface area contributed by atoms with Crippen LogP contribution in [0.25, 0.3) is 0 Å². The highest BCUT2D eigenvalue weighted by atomic mass is 32.2. The summed E-state index contributed by atoms with van der Waals surface area (Å²) in [7, 11) is 0. The van der Waals surface area contributed by atoms with Crippen LogP contribution in [-0.2, 0) is 33.3 Å². The van der Waals surface area contributed by atoms with Gasteiger partial charge in [-0.2, -0.15) is 26.3 Å². The summed E-state index contributed by atoms with van der Waals surface area (Å²) < 4.78 is 95.6. The maximum absolute atomic E-state index is 13.9. The Kier molecular flexibility index (Phi) is 7.83. The molecule has 3 heterocycles. The Morgan fingerprint density at radius 1 is 0.848 bits per heavy atom. The molecule has 3 aromatic carbocycles. The number of benzene rings is 3. The van der Waals surface area contributed by atoms with E-state index in [1.165, 1.54) is 24.3 Å². The number of nitrogens with zero attached hydrogens (tertiary/aromatic N) is 2. The molecule has 4 aromatic rings. The molecule has 1 aromatic heterocycles. The molecule has 16 heteroatoms. The largest absolute Gasteiger partial charge is 0.418 e. The van der Waals surface area contributed by atoms with Gasteiger partial charge in [-0.25, -0.2) is 9.29 Å². The summed E-state index contributed by atoms with van der Waals surface area (Å²) in [5.41, 5.74) is -2.74. The average molecular weight is 682 g/mol. The van der Waals surface area contributed by atoms with Gasteiger partial charge in [-0.05, 0) is 48.0 Å². The van der Waals surface area contributed by atoms with Gasteiger partial charge in [0.25, 0.3) is 0 Å². The number of hydrogen-bond donors (Lipinski definition) is 1. The number of fused-ring (bicyclic) bond motifs is 2. The van der Waals surface area contributed by atoms with Crippen LogP contribution in [0.2, 0.25) is 0 Å². The van der Waals surface area contributed by atoms with Gasteiger partial charge in [0, 0.05) is 10.8 Å². The summed E-state index contributed by atoms with van der Waals surface area (Å²) in [5, 5.41) is 0.976. The van der Waals surface area contributed by atoms with E-state index >= 15 is 0 Å². The van der Waals surface area contributed by atoms with Crippen molar-refractivity contribution >= 4 is 52.2 Å². The first kappa shape index (κ1) is 31.5. The van der Waals surface area contributed by atoms with E-state index in [1.54, 1.807) is 0 Å². The van der Waals surface area contributed by atoms with Gasteiger partial charge in [0.15, 0.2) is 0 Å². The van der Waals surface area contributed by atoms with Crippen LogP contribution in [0, 0.1) is 11.7 Å². The molecule has 7 nitrogen and oxygen atoms in total. The van der Waals surface area contributed by atoms with E-state index in [-0.39, 0.29) is 15.6 Å². The van der Waals surface area contributed by atoms with E-state index in [4.69, 9.17) is 0 Å². The van der Waals surface area contributed by atoms with Crippen LogP contribution in [-0.4, -0.2) is 27.5 Å². The van der Waals surface area contributed by atoms with Crippen LogP contribution >= 0.6 is 23.1 Å². The first-order valence-corrected chi connectivity index (χ1v) is 15.0. The van der Waals surface area contributed by atoms with Crippen LogP contribution in [0.3, 0.4) is 0 Å². The predicted molar refractivity (Wildman–Crippen MR) is 154 cm³/mol. The summed E-state index contributed by atoms with van der Waals surface area (Å²) in [6.45, 7) is -0.753. The van der Waals surface area contributed by atoms with Gasteiger partial charge in [-0.3, -0.25) is 23.7 Å². The van der Waals surface area contributed by atoms with E-state index in [2.05, 4.69) is 5.32 Å². The number of alkyl halides is 6. The maximum atomic E-state index is 13.9. The smallest absolute Gasteiger partial charge is 0.324 e. The molecular weight excluding hydrogens is 663 g/mol. The standard InChI is InChI=1S/C30H18F7N3O4S2/c31-16-10-8-14(9-11-16)21-22-23(26(43)40(25(22)42)17-5-3-4-15(12-17)29(32,33)34)45-27-24(21)46-28(44)39(27)13-20(41)38-19-7-2-1-6-18(19)30(35,36)37/h1-12,21-23H,13H2,(H,38,41). The number of thioether (sulfide) groups is 1. The number of nitrogens with one attached hydrogen (secondary N) is 1. The van der Waals surface area contributed by atoms with Gasteiger partial charge in [0.05, 0.1) is 33.4 Å². The monoisotopic (exact) mass is 681 g/mol. The van der Waals surface area contributed by atoms with Crippen LogP contribution < -0.4 is 15.1 Å². The van der Waals surface area contributed by atoms with Crippen LogP contribution in [0.15, 0.2) is 82.6 Å². The van der Waals surface area contributed by atoms with Crippen molar-refractivity contribution in [1.29, 1.82) is 0 Å². The Bertz CT molecular complexity index is 1940. The van der Waals surface area contributed by atoms with Gasteiger partial charge in [0.1, 0.15) is 17.6 Å². The van der Waals surface area contributed by atoms with Crippen molar-refractivity contribution in [3.63, 3.8) is 0 Å². The molecule has 3 amide bonds. The number of carbonyl (C=O) groups excluding carboxylic acids is 3. The number of para-hydroxylation sites is 1. The van der Waals surface area contributed by atoms with E-state index in [0.29, 0.717) is 27.9 Å². The number of hydrogen-bond acceptors (Lipinski definition) is 6. The summed E-state index contributed by atoms with van der Waals surface area (Å²) in [6.07, 6.45) is -9.54. The SMILES string of the molecule is O=C(Cn1c2c(sc1=O)C(c1ccc(F)cc1)C1C(=O)N(c3cccc(C(F)(F)F)c3)C(=O)C1S2)Nc1ccccc1C(F)(F)F. The third-order valence-electron chi connectivity index (χ3n) is 7.52. The van der Waals surface area contributed by atoms with Crippen molar-refractivity contribution in [2.75, 3.05) is 10.2 Å². The first-order valence-electron chi connectivity index (χ1n) is 13.3. The molecule has 1 saturated heterocycles. The number of anilines is 2. The zero-order valence-electron chi connectivity index (χ0n) is 22.9. The third kappa shape index (κ3) is 5.59. The zero-order chi connectivity index (χ0) is 33.1. The molecule has 0 saturated carbocycles. The van der Waals surface area contributed by atoms with Gasteiger partial charge in [-0.15, -0.1) is 0 Å². The fraction of sp³-hybridized carbons (Fsp3) is 0.200. The Hall–Kier alpha value is -4.44. The zero-order valence-corrected chi connectivity index (χ0v) is 24.5. The number of imide groups is 1. The Morgan fingerprint density at radius 2 is 1.54 bits per heavy atom. The highest BCUT2D eigenvalue weighted by Crippen LogP contribution is 2.54. The lowest BCUT2D eigenvalue weighted by Crippen LogP contribution is -2.33. The van der Waals surface area contributed by atoms with Crippen molar-refractivity contribution in [1.82, 2.24) is 4.57 Å². The van der Waals surface area contributed by atoms with E-state index in [9.17, 15) is 49.9 Å². The lowest BCUT2D eigenvalue weighted by molar-refractivity contribution is -0.138. The molecule has 3 unspecified atom stereocenters. The minimum absolute atomic E-state index is 0.0804. The normalized spacial score (nSPS) is 19.6. The Morgan fingerprint density at radius 3 is 2.22 bits per heavy atom. The number of aromatic nitrogens is 1. The summed E-state index contributed by atoms with van der Waals surface area (Å²) >= 11 is 1.39. The molecule has 238 valence electrons. The van der Waals surface area contributed by atoms with Crippen molar-refractivity contribution in [3.05, 3.63) is 110 Å². The predicted octanol–water partition coefficient (Wildman–Crippen LogP) is 6.52. The second-order valence-corrected chi connectivity index (χ2v) is 12.5. The molecule has 1 fully saturated rings. The summed E-state index contributed by atoms with van der Waals surface area (Å²) in [6, 6.07) is 12.8. The molecule has 0 aliphatic carbocycles. The van der Waals surface area contributed by atoms with Crippen molar-refractivity contribution in [3.8, 4) is 0 Å². The van der Waals surface area contributed by atoms with Crippen molar-refractivity contribution < 1.29 is 45.1 Å². The van der Waals surface area contributed by atoms with Gasteiger partial charge in [0.2, 0.25) is 17.7 Å². The number of amides is 3. The minimum Gasteiger partial charge on any atom is -0.324 e. The van der Waals surface area contributed by atoms with Gasteiger partial charge < -0.3 is 5.32 Å².